The van der Waals surface area contributed by atoms with Crippen molar-refractivity contribution in [1.82, 2.24) is 4.57 Å². The first-order valence-electron chi connectivity index (χ1n) is 15.0. The Kier molecular flexibility index (Phi) is 9.54. The minimum Gasteiger partial charge on any atom is -0.462 e. The molecule has 2 aliphatic rings. The summed E-state index contributed by atoms with van der Waals surface area (Å²) in [4.78, 5) is 80.1. The molecule has 0 radical (unpaired) electrons. The number of halogens is 1. The quantitative estimate of drug-likeness (QED) is 0.180. The molecule has 1 saturated heterocycles. The lowest BCUT2D eigenvalue weighted by Gasteiger charge is -2.30. The van der Waals surface area contributed by atoms with Crippen molar-refractivity contribution in [2.45, 2.75) is 36.6 Å². The van der Waals surface area contributed by atoms with Crippen molar-refractivity contribution in [3.8, 4) is 0 Å². The summed E-state index contributed by atoms with van der Waals surface area (Å²) in [7, 11) is 0. The van der Waals surface area contributed by atoms with E-state index < -0.39 is 51.6 Å². The van der Waals surface area contributed by atoms with Crippen molar-refractivity contribution in [3.05, 3.63) is 109 Å². The molecule has 3 amide bonds. The van der Waals surface area contributed by atoms with Crippen LogP contribution in [0.15, 0.2) is 82.6 Å². The van der Waals surface area contributed by atoms with Crippen molar-refractivity contribution in [1.29, 1.82) is 0 Å². The Labute approximate surface area is 287 Å². The number of amides is 3. The van der Waals surface area contributed by atoms with Crippen molar-refractivity contribution < 1.29 is 33.4 Å². The number of carbonyl (C=O) groups is 5. The molecule has 1 fully saturated rings. The number of carbonyl (C=O) groups excluding carboxylic acids is 5. The minimum absolute atomic E-state index is 0.206. The smallest absolute Gasteiger partial charge is 0.338 e. The van der Waals surface area contributed by atoms with Crippen LogP contribution in [0, 0.1) is 5.92 Å². The molecule has 0 bridgehead atoms. The van der Waals surface area contributed by atoms with Gasteiger partial charge in [-0.3, -0.25) is 23.7 Å². The summed E-state index contributed by atoms with van der Waals surface area (Å²) in [6.07, 6.45) is 0. The molecule has 6 rings (SSSR count). The van der Waals surface area contributed by atoms with E-state index in [0.29, 0.717) is 37.4 Å². The third-order valence-corrected chi connectivity index (χ3v) is 10.8. The predicted molar refractivity (Wildman–Crippen MR) is 181 cm³/mol. The number of hydrogen-bond acceptors (Lipinski definition) is 10. The fourth-order valence-electron chi connectivity index (χ4n) is 5.75. The molecular formula is C34H28ClN3O8S2. The fraction of sp³-hybridized carbons (Fsp3) is 0.235. The van der Waals surface area contributed by atoms with Crippen LogP contribution in [0.3, 0.4) is 0 Å². The van der Waals surface area contributed by atoms with Gasteiger partial charge in [0.15, 0.2) is 0 Å². The number of fused-ring (bicyclic) bond motifs is 2. The zero-order valence-electron chi connectivity index (χ0n) is 25.6. The third kappa shape index (κ3) is 6.28. The normalized spacial score (nSPS) is 18.2. The van der Waals surface area contributed by atoms with Gasteiger partial charge in [0, 0.05) is 21.5 Å². The van der Waals surface area contributed by atoms with Crippen LogP contribution in [0.2, 0.25) is 5.02 Å². The van der Waals surface area contributed by atoms with Gasteiger partial charge in [0.25, 0.3) is 0 Å². The van der Waals surface area contributed by atoms with Crippen LogP contribution in [0.25, 0.3) is 0 Å². The van der Waals surface area contributed by atoms with Crippen LogP contribution in [0.4, 0.5) is 11.4 Å². The molecule has 0 saturated carbocycles. The van der Waals surface area contributed by atoms with Crippen LogP contribution < -0.4 is 15.1 Å². The molecular weight excluding hydrogens is 678 g/mol. The maximum atomic E-state index is 14.1. The van der Waals surface area contributed by atoms with Gasteiger partial charge < -0.3 is 14.8 Å². The summed E-state index contributed by atoms with van der Waals surface area (Å²) in [5, 5.41) is 2.76. The second-order valence-corrected chi connectivity index (χ2v) is 13.4. The van der Waals surface area contributed by atoms with Gasteiger partial charge in [-0.05, 0) is 80.1 Å². The number of ether oxygens (including phenoxy) is 2. The monoisotopic (exact) mass is 705 g/mol. The Balaban J connectivity index is 1.31. The Morgan fingerprint density at radius 1 is 0.812 bits per heavy atom. The van der Waals surface area contributed by atoms with Gasteiger partial charge in [-0.25, -0.2) is 14.5 Å². The van der Waals surface area contributed by atoms with Crippen molar-refractivity contribution >= 4 is 75.7 Å². The van der Waals surface area contributed by atoms with E-state index in [1.54, 1.807) is 50.2 Å². The van der Waals surface area contributed by atoms with Crippen LogP contribution in [-0.2, 0) is 30.4 Å². The van der Waals surface area contributed by atoms with E-state index in [1.165, 1.54) is 41.0 Å². The fourth-order valence-corrected chi connectivity index (χ4v) is 8.65. The molecule has 3 heterocycles. The number of anilines is 2. The lowest BCUT2D eigenvalue weighted by Crippen LogP contribution is -2.33. The SMILES string of the molecule is CCOC(=O)c1ccc(NC(=O)Cn2c3c(sc2=O)[C@H](c2ccc(Cl)cc2)C2C(=O)N(c4ccc(C(=O)OCC)cc4)C(=O)C2S3)cc1. The molecule has 1 aromatic heterocycles. The molecule has 2 unspecified atom stereocenters. The third-order valence-electron chi connectivity index (χ3n) is 7.90. The number of thioether (sulfide) groups is 1. The first-order valence-corrected chi connectivity index (χ1v) is 17.1. The first-order chi connectivity index (χ1) is 23.1. The molecule has 0 aliphatic carbocycles. The molecule has 1 N–H and O–H groups in total. The first kappa shape index (κ1) is 33.2. The number of esters is 2. The van der Waals surface area contributed by atoms with Gasteiger partial charge in [-0.15, -0.1) is 0 Å². The number of thiazole rings is 1. The van der Waals surface area contributed by atoms with E-state index in [0.717, 1.165) is 28.0 Å². The van der Waals surface area contributed by atoms with Gasteiger partial charge in [0.2, 0.25) is 17.7 Å². The van der Waals surface area contributed by atoms with Crippen LogP contribution >= 0.6 is 34.7 Å². The van der Waals surface area contributed by atoms with Gasteiger partial charge in [0.1, 0.15) is 11.8 Å². The van der Waals surface area contributed by atoms with Crippen molar-refractivity contribution in [2.75, 3.05) is 23.4 Å². The summed E-state index contributed by atoms with van der Waals surface area (Å²) < 4.78 is 11.4. The number of imide groups is 1. The van der Waals surface area contributed by atoms with Crippen LogP contribution in [0.5, 0.6) is 0 Å². The van der Waals surface area contributed by atoms with Crippen LogP contribution in [0.1, 0.15) is 50.9 Å². The molecule has 3 atom stereocenters. The molecule has 2 aliphatic heterocycles. The number of rotatable bonds is 9. The Morgan fingerprint density at radius 3 is 1.98 bits per heavy atom. The number of aromatic nitrogens is 1. The Morgan fingerprint density at radius 2 is 1.40 bits per heavy atom. The number of hydrogen-bond donors (Lipinski definition) is 1. The summed E-state index contributed by atoms with van der Waals surface area (Å²) in [6.45, 7) is 3.50. The highest BCUT2D eigenvalue weighted by molar-refractivity contribution is 8.00. The topological polar surface area (TPSA) is 141 Å². The number of nitrogens with zero attached hydrogens (tertiary/aromatic N) is 2. The van der Waals surface area contributed by atoms with Gasteiger partial charge in [-0.2, -0.15) is 0 Å². The van der Waals surface area contributed by atoms with Crippen molar-refractivity contribution in [2.24, 2.45) is 5.92 Å². The van der Waals surface area contributed by atoms with Crippen molar-refractivity contribution in [3.63, 3.8) is 0 Å². The molecule has 4 aromatic rings. The maximum absolute atomic E-state index is 14.1. The zero-order valence-corrected chi connectivity index (χ0v) is 28.0. The average molecular weight is 706 g/mol. The molecule has 14 heteroatoms. The average Bonchev–Trinajstić information content (AvgIpc) is 3.52. The summed E-state index contributed by atoms with van der Waals surface area (Å²) >= 11 is 8.20. The standard InChI is InChI=1S/C34H28ClN3O8S2/c1-3-45-32(42)19-7-13-22(14-8-19)36-24(39)17-37-31-28(48-34(37)44)25(18-5-11-21(35)12-6-18)26-27(47-31)30(41)38(29(26)40)23-15-9-20(10-16-23)33(43)46-4-2/h5-16,25-27H,3-4,17H2,1-2H3,(H,36,39)/t25-,26?,27?/m1/s1. The molecule has 11 nitrogen and oxygen atoms in total. The molecule has 3 aromatic carbocycles. The van der Waals surface area contributed by atoms with E-state index in [2.05, 4.69) is 5.32 Å². The summed E-state index contributed by atoms with van der Waals surface area (Å²) in [5.74, 6) is -3.92. The lowest BCUT2D eigenvalue weighted by molar-refractivity contribution is -0.122. The predicted octanol–water partition coefficient (Wildman–Crippen LogP) is 5.35. The van der Waals surface area contributed by atoms with E-state index in [9.17, 15) is 28.8 Å². The summed E-state index contributed by atoms with van der Waals surface area (Å²) in [6, 6.07) is 19.1. The minimum atomic E-state index is -0.894. The van der Waals surface area contributed by atoms with E-state index in [-0.39, 0.29) is 25.3 Å². The van der Waals surface area contributed by atoms with E-state index in [1.807, 2.05) is 0 Å². The highest BCUT2D eigenvalue weighted by Crippen LogP contribution is 2.54. The lowest BCUT2D eigenvalue weighted by atomic mass is 9.83. The Hall–Kier alpha value is -4.72. The van der Waals surface area contributed by atoms with Gasteiger partial charge >= 0.3 is 16.8 Å². The molecule has 0 spiro atoms. The molecule has 246 valence electrons. The summed E-state index contributed by atoms with van der Waals surface area (Å²) in [5.41, 5.74) is 2.02. The van der Waals surface area contributed by atoms with E-state index in [4.69, 9.17) is 21.1 Å². The van der Waals surface area contributed by atoms with Gasteiger partial charge in [-0.1, -0.05) is 46.8 Å². The maximum Gasteiger partial charge on any atom is 0.338 e. The molecule has 48 heavy (non-hydrogen) atoms. The second kappa shape index (κ2) is 13.8. The number of benzene rings is 3. The van der Waals surface area contributed by atoms with E-state index >= 15 is 0 Å². The second-order valence-electron chi connectivity index (χ2n) is 10.8. The van der Waals surface area contributed by atoms with Gasteiger partial charge in [0.05, 0.1) is 41.0 Å². The highest BCUT2D eigenvalue weighted by Gasteiger charge is 2.56. The Bertz CT molecular complexity index is 1970. The highest BCUT2D eigenvalue weighted by atomic mass is 35.5. The van der Waals surface area contributed by atoms with Crippen LogP contribution in [-0.4, -0.2) is 52.7 Å². The number of nitrogens with one attached hydrogen (secondary N) is 1. The zero-order chi connectivity index (χ0) is 34.1. The largest absolute Gasteiger partial charge is 0.462 e.